The summed E-state index contributed by atoms with van der Waals surface area (Å²) in [4.78, 5) is 15.4. The van der Waals surface area contributed by atoms with Crippen molar-refractivity contribution in [2.45, 2.75) is 49.1 Å². The predicted molar refractivity (Wildman–Crippen MR) is 203 cm³/mol. The highest BCUT2D eigenvalue weighted by Gasteiger charge is 2.22. The molecule has 0 saturated heterocycles. The van der Waals surface area contributed by atoms with Crippen molar-refractivity contribution in [2.24, 2.45) is 0 Å². The molecular formula is C40H36ClN7O2S. The van der Waals surface area contributed by atoms with E-state index in [0.717, 1.165) is 43.5 Å². The van der Waals surface area contributed by atoms with Gasteiger partial charge in [0.2, 0.25) is 0 Å². The highest BCUT2D eigenvalue weighted by Crippen LogP contribution is 2.33. The number of carbonyl (C=O) groups is 1. The first-order chi connectivity index (χ1) is 24.7. The smallest absolute Gasteiger partial charge is 0.320 e. The number of fused-ring (bicyclic) bond motifs is 1. The summed E-state index contributed by atoms with van der Waals surface area (Å²) in [5.41, 5.74) is 4.97. The zero-order valence-electron chi connectivity index (χ0n) is 28.4. The van der Waals surface area contributed by atoms with Crippen LogP contribution in [-0.2, 0) is 18.6 Å². The van der Waals surface area contributed by atoms with Gasteiger partial charge < -0.3 is 10.1 Å². The molecule has 0 aliphatic heterocycles. The number of nitrogens with zero attached hydrogens (tertiary/aromatic N) is 5. The third-order valence-electron chi connectivity index (χ3n) is 8.16. The summed E-state index contributed by atoms with van der Waals surface area (Å²) >= 11 is 8.08. The molecule has 0 unspecified atom stereocenters. The number of anilines is 1. The summed E-state index contributed by atoms with van der Waals surface area (Å²) in [6, 6.07) is 38.8. The first-order valence-electron chi connectivity index (χ1n) is 16.5. The third kappa shape index (κ3) is 7.93. The van der Waals surface area contributed by atoms with Gasteiger partial charge >= 0.3 is 6.03 Å². The van der Waals surface area contributed by atoms with Crippen LogP contribution in [-0.4, -0.2) is 30.4 Å². The van der Waals surface area contributed by atoms with Crippen molar-refractivity contribution >= 4 is 40.9 Å². The number of carbonyl (C=O) groups excluding carboxylic acids is 1. The van der Waals surface area contributed by atoms with Crippen molar-refractivity contribution in [1.82, 2.24) is 29.7 Å². The van der Waals surface area contributed by atoms with Crippen LogP contribution in [0.4, 0.5) is 10.6 Å². The van der Waals surface area contributed by atoms with Gasteiger partial charge in [0.1, 0.15) is 18.2 Å². The Morgan fingerprint density at radius 3 is 2.47 bits per heavy atom. The number of halogens is 1. The molecule has 0 spiro atoms. The average molecular weight is 714 g/mol. The lowest BCUT2D eigenvalue weighted by Crippen LogP contribution is -2.29. The number of aromatic nitrogens is 5. The highest BCUT2D eigenvalue weighted by atomic mass is 35.5. The maximum absolute atomic E-state index is 13.4. The molecule has 7 rings (SSSR count). The molecule has 0 aliphatic rings. The summed E-state index contributed by atoms with van der Waals surface area (Å²) in [5, 5.41) is 20.3. The molecule has 4 aromatic carbocycles. The zero-order valence-corrected chi connectivity index (χ0v) is 29.9. The Kier molecular flexibility index (Phi) is 9.78. The Hall–Kier alpha value is -5.58. The van der Waals surface area contributed by atoms with Gasteiger partial charge in [0.15, 0.2) is 11.5 Å². The van der Waals surface area contributed by atoms with Crippen LogP contribution in [0.3, 0.4) is 0 Å². The molecular weight excluding hydrogens is 678 g/mol. The minimum Gasteiger partial charge on any atom is -0.489 e. The summed E-state index contributed by atoms with van der Waals surface area (Å²) < 4.78 is 9.77. The molecule has 0 bridgehead atoms. The summed E-state index contributed by atoms with van der Waals surface area (Å²) in [5.74, 6) is 1.93. The molecule has 7 aromatic rings. The van der Waals surface area contributed by atoms with Gasteiger partial charge in [-0.25, -0.2) is 9.48 Å². The zero-order chi connectivity index (χ0) is 35.4. The Labute approximate surface area is 305 Å². The Morgan fingerprint density at radius 2 is 1.65 bits per heavy atom. The lowest BCUT2D eigenvalue weighted by Gasteiger charge is -2.14. The Bertz CT molecular complexity index is 2310. The molecule has 0 aliphatic carbocycles. The van der Waals surface area contributed by atoms with E-state index < -0.39 is 0 Å². The number of hydrogen-bond donors (Lipinski definition) is 2. The van der Waals surface area contributed by atoms with E-state index in [1.165, 1.54) is 0 Å². The second-order valence-corrected chi connectivity index (χ2v) is 14.5. The van der Waals surface area contributed by atoms with Crippen molar-refractivity contribution < 1.29 is 9.53 Å². The molecule has 11 heteroatoms. The van der Waals surface area contributed by atoms with E-state index in [9.17, 15) is 4.79 Å². The molecule has 9 nitrogen and oxygen atoms in total. The van der Waals surface area contributed by atoms with Crippen LogP contribution in [0.1, 0.15) is 37.6 Å². The fraction of sp³-hybridized carbons (Fsp3) is 0.150. The lowest BCUT2D eigenvalue weighted by molar-refractivity contribution is 0.251. The monoisotopic (exact) mass is 713 g/mol. The topological polar surface area (TPSA) is 98.4 Å². The van der Waals surface area contributed by atoms with Gasteiger partial charge in [-0.3, -0.25) is 9.72 Å². The maximum Gasteiger partial charge on any atom is 0.320 e. The van der Waals surface area contributed by atoms with Gasteiger partial charge in [0.25, 0.3) is 0 Å². The van der Waals surface area contributed by atoms with Crippen LogP contribution in [0.5, 0.6) is 5.75 Å². The molecule has 0 saturated carbocycles. The van der Waals surface area contributed by atoms with Crippen molar-refractivity contribution in [3.8, 4) is 22.8 Å². The molecule has 51 heavy (non-hydrogen) atoms. The third-order valence-corrected chi connectivity index (χ3v) is 9.58. The number of hydrogen-bond acceptors (Lipinski definition) is 6. The predicted octanol–water partition coefficient (Wildman–Crippen LogP) is 9.58. The van der Waals surface area contributed by atoms with Crippen LogP contribution in [0, 0.1) is 0 Å². The molecule has 0 radical (unpaired) electrons. The van der Waals surface area contributed by atoms with E-state index >= 15 is 0 Å². The molecule has 3 aromatic heterocycles. The van der Waals surface area contributed by atoms with E-state index in [1.54, 1.807) is 16.4 Å². The Morgan fingerprint density at radius 1 is 0.863 bits per heavy atom. The highest BCUT2D eigenvalue weighted by molar-refractivity contribution is 7.99. The van der Waals surface area contributed by atoms with Crippen molar-refractivity contribution in [3.63, 3.8) is 0 Å². The number of rotatable bonds is 10. The van der Waals surface area contributed by atoms with Crippen LogP contribution in [0.2, 0.25) is 5.02 Å². The first kappa shape index (κ1) is 33.9. The standard InChI is InChI=1S/C40H36ClN7O2S/c1-40(2,3)35-23-37(48(46-35)29-15-11-16-30(22-29)50-26-27-12-5-4-6-13-27)43-39(49)42-24-28-14-7-10-19-34(28)51-31-20-21-36-44-45-38(47(36)25-31)32-17-8-9-18-33(32)41/h4-23,25H,24,26H2,1-3H3,(H2,42,43,49). The maximum atomic E-state index is 13.4. The van der Waals surface area contributed by atoms with Crippen LogP contribution in [0.25, 0.3) is 22.7 Å². The SMILES string of the molecule is CC(C)(C)c1cc(NC(=O)NCc2ccccc2Sc2ccc3nnc(-c4ccccc4Cl)n3c2)n(-c2cccc(OCc3ccccc3)c2)n1. The molecule has 3 heterocycles. The van der Waals surface area contributed by atoms with E-state index in [-0.39, 0.29) is 11.4 Å². The van der Waals surface area contributed by atoms with Gasteiger partial charge in [0.05, 0.1) is 16.4 Å². The molecule has 256 valence electrons. The van der Waals surface area contributed by atoms with Crippen molar-refractivity contribution in [1.29, 1.82) is 0 Å². The Balaban J connectivity index is 1.07. The van der Waals surface area contributed by atoms with Gasteiger partial charge in [-0.1, -0.05) is 111 Å². The van der Waals surface area contributed by atoms with E-state index in [0.29, 0.717) is 35.6 Å². The van der Waals surface area contributed by atoms with Gasteiger partial charge in [-0.15, -0.1) is 10.2 Å². The van der Waals surface area contributed by atoms with Crippen LogP contribution < -0.4 is 15.4 Å². The minimum atomic E-state index is -0.344. The van der Waals surface area contributed by atoms with Crippen LogP contribution in [0.15, 0.2) is 137 Å². The summed E-state index contributed by atoms with van der Waals surface area (Å²) in [6.07, 6.45) is 2.01. The van der Waals surface area contributed by atoms with Crippen molar-refractivity contribution in [2.75, 3.05) is 5.32 Å². The molecule has 0 atom stereocenters. The number of urea groups is 1. The lowest BCUT2D eigenvalue weighted by atomic mass is 9.92. The van der Waals surface area contributed by atoms with E-state index in [1.807, 2.05) is 132 Å². The summed E-state index contributed by atoms with van der Waals surface area (Å²) in [7, 11) is 0. The van der Waals surface area contributed by atoms with E-state index in [4.69, 9.17) is 21.4 Å². The van der Waals surface area contributed by atoms with Gasteiger partial charge in [0, 0.05) is 45.6 Å². The number of amides is 2. The average Bonchev–Trinajstić information content (AvgIpc) is 3.76. The summed E-state index contributed by atoms with van der Waals surface area (Å²) in [6.45, 7) is 7.04. The molecule has 2 amide bonds. The van der Waals surface area contributed by atoms with Gasteiger partial charge in [-0.05, 0) is 53.6 Å². The fourth-order valence-corrected chi connectivity index (χ4v) is 6.64. The van der Waals surface area contributed by atoms with Crippen LogP contribution >= 0.6 is 23.4 Å². The second-order valence-electron chi connectivity index (χ2n) is 13.0. The van der Waals surface area contributed by atoms with Gasteiger partial charge in [-0.2, -0.15) is 5.10 Å². The molecule has 0 fully saturated rings. The fourth-order valence-electron chi connectivity index (χ4n) is 5.45. The molecule has 2 N–H and O–H groups in total. The number of benzene rings is 4. The largest absolute Gasteiger partial charge is 0.489 e. The minimum absolute atomic E-state index is 0.236. The number of pyridine rings is 1. The second kappa shape index (κ2) is 14.7. The quantitative estimate of drug-likeness (QED) is 0.147. The normalized spacial score (nSPS) is 11.5. The van der Waals surface area contributed by atoms with Crippen molar-refractivity contribution in [3.05, 3.63) is 149 Å². The first-order valence-corrected chi connectivity index (χ1v) is 17.7. The number of ether oxygens (including phenoxy) is 1. The number of nitrogens with one attached hydrogen (secondary N) is 2. The van der Waals surface area contributed by atoms with E-state index in [2.05, 4.69) is 41.6 Å².